The van der Waals surface area contributed by atoms with Gasteiger partial charge in [0.25, 0.3) is 0 Å². The molecule has 0 unspecified atom stereocenters. The fourth-order valence-corrected chi connectivity index (χ4v) is 4.30. The van der Waals surface area contributed by atoms with Crippen molar-refractivity contribution in [2.75, 3.05) is 0 Å². The van der Waals surface area contributed by atoms with Gasteiger partial charge in [-0.3, -0.25) is 4.79 Å². The van der Waals surface area contributed by atoms with E-state index in [1.54, 1.807) is 16.9 Å². The van der Waals surface area contributed by atoms with Gasteiger partial charge in [0.2, 0.25) is 5.91 Å². The quantitative estimate of drug-likeness (QED) is 0.800. The van der Waals surface area contributed by atoms with Crippen LogP contribution in [0, 0.1) is 23.1 Å². The molecule has 0 aliphatic heterocycles. The number of hydrogen-bond donors (Lipinski definition) is 1. The first-order valence-corrected chi connectivity index (χ1v) is 9.91. The molecule has 27 heavy (non-hydrogen) atoms. The summed E-state index contributed by atoms with van der Waals surface area (Å²) in [6, 6.07) is 5.12. The Morgan fingerprint density at radius 2 is 2.15 bits per heavy atom. The first-order valence-electron chi connectivity index (χ1n) is 9.12. The summed E-state index contributed by atoms with van der Waals surface area (Å²) in [6.45, 7) is 0. The summed E-state index contributed by atoms with van der Waals surface area (Å²) in [7, 11) is 0. The number of halogens is 2. The molecule has 6 nitrogen and oxygen atoms in total. The Kier molecular flexibility index (Phi) is 4.72. The van der Waals surface area contributed by atoms with Gasteiger partial charge in [0, 0.05) is 18.0 Å². The number of aromatic nitrogens is 3. The monoisotopic (exact) mass is 431 g/mol. The van der Waals surface area contributed by atoms with Crippen LogP contribution in [0.1, 0.15) is 50.1 Å². The molecular formula is C19H19BrFN5O. The van der Waals surface area contributed by atoms with E-state index in [0.717, 1.165) is 54.9 Å². The van der Waals surface area contributed by atoms with Crippen molar-refractivity contribution >= 4 is 21.8 Å². The highest BCUT2D eigenvalue weighted by Crippen LogP contribution is 2.42. The highest BCUT2D eigenvalue weighted by Gasteiger charge is 2.47. The highest BCUT2D eigenvalue weighted by atomic mass is 79.9. The summed E-state index contributed by atoms with van der Waals surface area (Å²) in [4.78, 5) is 16.9. The second kappa shape index (κ2) is 7.04. The van der Waals surface area contributed by atoms with E-state index in [0.29, 0.717) is 5.82 Å². The van der Waals surface area contributed by atoms with Crippen LogP contribution in [0.3, 0.4) is 0 Å². The maximum absolute atomic E-state index is 13.1. The average molecular weight is 432 g/mol. The van der Waals surface area contributed by atoms with Crippen molar-refractivity contribution in [3.05, 3.63) is 40.5 Å². The van der Waals surface area contributed by atoms with Crippen LogP contribution in [0.4, 0.5) is 4.39 Å². The molecule has 140 valence electrons. The van der Waals surface area contributed by atoms with E-state index in [9.17, 15) is 14.4 Å². The minimum Gasteiger partial charge on any atom is -0.338 e. The third-order valence-corrected chi connectivity index (χ3v) is 6.03. The van der Waals surface area contributed by atoms with Crippen LogP contribution in [-0.2, 0) is 4.79 Å². The lowest BCUT2D eigenvalue weighted by atomic mass is 9.77. The smallest absolute Gasteiger partial charge is 0.225 e. The largest absolute Gasteiger partial charge is 0.338 e. The highest BCUT2D eigenvalue weighted by molar-refractivity contribution is 9.10. The number of rotatable bonds is 4. The van der Waals surface area contributed by atoms with Crippen LogP contribution in [-0.4, -0.2) is 26.2 Å². The summed E-state index contributed by atoms with van der Waals surface area (Å²) in [5.74, 6) is -0.169. The zero-order valence-electron chi connectivity index (χ0n) is 14.7. The first kappa shape index (κ1) is 18.1. The second-order valence-electron chi connectivity index (χ2n) is 7.32. The lowest BCUT2D eigenvalue weighted by Gasteiger charge is -2.30. The minimum atomic E-state index is -0.659. The van der Waals surface area contributed by atoms with Crippen LogP contribution in [0.15, 0.2) is 29.0 Å². The third-order valence-electron chi connectivity index (χ3n) is 5.42. The molecule has 0 saturated heterocycles. The molecule has 2 atom stereocenters. The van der Waals surface area contributed by atoms with E-state index >= 15 is 0 Å². The summed E-state index contributed by atoms with van der Waals surface area (Å²) in [6.07, 6.45) is 8.06. The molecule has 2 heterocycles. The number of hydrogen-bond acceptors (Lipinski definition) is 4. The Hall–Kier alpha value is -2.27. The Bertz CT molecular complexity index is 900. The Balaban J connectivity index is 1.59. The van der Waals surface area contributed by atoms with E-state index in [-0.39, 0.29) is 17.7 Å². The fourth-order valence-electron chi connectivity index (χ4n) is 3.73. The van der Waals surface area contributed by atoms with E-state index in [1.165, 1.54) is 6.07 Å². The van der Waals surface area contributed by atoms with Crippen molar-refractivity contribution in [3.8, 4) is 11.9 Å². The van der Waals surface area contributed by atoms with Gasteiger partial charge in [-0.15, -0.1) is 0 Å². The number of carbonyl (C=O) groups excluding carboxylic acids is 1. The molecule has 0 bridgehead atoms. The van der Waals surface area contributed by atoms with Gasteiger partial charge in [-0.1, -0.05) is 12.8 Å². The molecule has 1 amide bonds. The Morgan fingerprint density at radius 1 is 1.37 bits per heavy atom. The van der Waals surface area contributed by atoms with Crippen molar-refractivity contribution in [1.82, 2.24) is 20.1 Å². The number of nitrogens with one attached hydrogen (secondary N) is 1. The molecule has 2 aromatic rings. The van der Waals surface area contributed by atoms with Crippen molar-refractivity contribution in [2.45, 2.75) is 50.0 Å². The van der Waals surface area contributed by atoms with Crippen LogP contribution in [0.2, 0.25) is 0 Å². The minimum absolute atomic E-state index is 0.0238. The summed E-state index contributed by atoms with van der Waals surface area (Å²) in [5, 5.41) is 16.8. The molecule has 0 spiro atoms. The number of nitrogens with zero attached hydrogens (tertiary/aromatic N) is 4. The van der Waals surface area contributed by atoms with E-state index < -0.39 is 11.4 Å². The molecular weight excluding hydrogens is 413 g/mol. The molecule has 4 rings (SSSR count). The molecule has 2 fully saturated rings. The SMILES string of the molecule is N#CC1(NC(=O)[C@@H]2CCCC[C@H]2c2nn(-c3ccc(F)cn3)cc2Br)CC1. The molecule has 8 heteroatoms. The van der Waals surface area contributed by atoms with Gasteiger partial charge in [-0.25, -0.2) is 14.1 Å². The molecule has 2 aliphatic rings. The molecule has 0 radical (unpaired) electrons. The predicted molar refractivity (Wildman–Crippen MR) is 99.4 cm³/mol. The number of nitriles is 1. The first-order chi connectivity index (χ1) is 13.0. The van der Waals surface area contributed by atoms with Crippen molar-refractivity contribution in [3.63, 3.8) is 0 Å². The van der Waals surface area contributed by atoms with E-state index in [1.807, 2.05) is 0 Å². The maximum atomic E-state index is 13.1. The van der Waals surface area contributed by atoms with E-state index in [4.69, 9.17) is 0 Å². The van der Waals surface area contributed by atoms with Gasteiger partial charge in [0.05, 0.1) is 22.4 Å². The molecule has 0 aromatic carbocycles. The van der Waals surface area contributed by atoms with Gasteiger partial charge in [-0.2, -0.15) is 10.4 Å². The zero-order chi connectivity index (χ0) is 19.0. The van der Waals surface area contributed by atoms with Gasteiger partial charge < -0.3 is 5.32 Å². The number of amides is 1. The fraction of sp³-hybridized carbons (Fsp3) is 0.474. The third kappa shape index (κ3) is 3.61. The Morgan fingerprint density at radius 3 is 2.81 bits per heavy atom. The lowest BCUT2D eigenvalue weighted by molar-refractivity contribution is -0.127. The summed E-state index contributed by atoms with van der Waals surface area (Å²) < 4.78 is 15.5. The maximum Gasteiger partial charge on any atom is 0.225 e. The zero-order valence-corrected chi connectivity index (χ0v) is 16.2. The van der Waals surface area contributed by atoms with Gasteiger partial charge >= 0.3 is 0 Å². The van der Waals surface area contributed by atoms with Crippen LogP contribution >= 0.6 is 15.9 Å². The van der Waals surface area contributed by atoms with Crippen LogP contribution < -0.4 is 5.32 Å². The molecule has 2 aromatic heterocycles. The predicted octanol–water partition coefficient (Wildman–Crippen LogP) is 3.62. The summed E-state index contributed by atoms with van der Waals surface area (Å²) in [5.41, 5.74) is 0.149. The number of pyridine rings is 1. The standard InChI is InChI=1S/C19H19BrFN5O/c20-15-10-26(16-6-5-12(21)9-23-16)25-17(15)13-3-1-2-4-14(13)18(27)24-19(11-22)7-8-19/h5-6,9-10,13-14H,1-4,7-8H2,(H,24,27)/t13-,14-/m1/s1. The van der Waals surface area contributed by atoms with Crippen LogP contribution in [0.25, 0.3) is 5.82 Å². The lowest BCUT2D eigenvalue weighted by Crippen LogP contribution is -2.42. The summed E-state index contributed by atoms with van der Waals surface area (Å²) >= 11 is 3.56. The van der Waals surface area contributed by atoms with Gasteiger partial charge in [0.15, 0.2) is 5.82 Å². The van der Waals surface area contributed by atoms with E-state index in [2.05, 4.69) is 37.4 Å². The van der Waals surface area contributed by atoms with Crippen molar-refractivity contribution in [1.29, 1.82) is 5.26 Å². The molecule has 2 saturated carbocycles. The van der Waals surface area contributed by atoms with Gasteiger partial charge in [0.1, 0.15) is 11.4 Å². The second-order valence-corrected chi connectivity index (χ2v) is 8.18. The average Bonchev–Trinajstić information content (AvgIpc) is 3.35. The van der Waals surface area contributed by atoms with Gasteiger partial charge in [-0.05, 0) is 53.7 Å². The van der Waals surface area contributed by atoms with Crippen LogP contribution in [0.5, 0.6) is 0 Å². The van der Waals surface area contributed by atoms with Crippen molar-refractivity contribution in [2.24, 2.45) is 5.92 Å². The topological polar surface area (TPSA) is 83.6 Å². The normalized spacial score (nSPS) is 23.4. The number of carbonyl (C=O) groups is 1. The Labute approximate surface area is 164 Å². The molecule has 1 N–H and O–H groups in total. The van der Waals surface area contributed by atoms with Crippen molar-refractivity contribution < 1.29 is 9.18 Å². The molecule has 2 aliphatic carbocycles.